The summed E-state index contributed by atoms with van der Waals surface area (Å²) >= 11 is 6.76. The zero-order valence-corrected chi connectivity index (χ0v) is 21.1. The first-order valence-electron chi connectivity index (χ1n) is 11.4. The molecule has 2 bridgehead atoms. The standard InChI is InChI=1S/C20H33ClN4O9S/c1-2-13(26)22-3-4-29-5-6-30-7-8-31-9-10-32-11-20-12-33-17(34-20)14(15(27)16(20)28)23-19-24-18(21)25-35-19/h14-17,27-28H,2-12H2,1H3,(H,22,26)(H,23,24,25)/t14-,15-,16-,17+,20+/m1/s1. The summed E-state index contributed by atoms with van der Waals surface area (Å²) in [5, 5.41) is 27.5. The van der Waals surface area contributed by atoms with Crippen LogP contribution < -0.4 is 10.6 Å². The number of aliphatic hydroxyl groups excluding tert-OH is 2. The number of rotatable bonds is 17. The first kappa shape index (κ1) is 28.4. The number of hydrogen-bond acceptors (Lipinski definition) is 13. The van der Waals surface area contributed by atoms with Gasteiger partial charge < -0.3 is 49.3 Å². The number of halogens is 1. The third kappa shape index (κ3) is 8.42. The molecule has 0 spiro atoms. The molecule has 0 unspecified atom stereocenters. The van der Waals surface area contributed by atoms with Gasteiger partial charge in [0.2, 0.25) is 16.3 Å². The van der Waals surface area contributed by atoms with Crippen LogP contribution in [0.25, 0.3) is 0 Å². The highest BCUT2D eigenvalue weighted by Crippen LogP contribution is 2.38. The van der Waals surface area contributed by atoms with Crippen LogP contribution in [0, 0.1) is 0 Å². The van der Waals surface area contributed by atoms with Gasteiger partial charge in [-0.25, -0.2) is 0 Å². The van der Waals surface area contributed by atoms with Gasteiger partial charge in [0.1, 0.15) is 23.9 Å². The van der Waals surface area contributed by atoms with Gasteiger partial charge in [0, 0.05) is 24.5 Å². The summed E-state index contributed by atoms with van der Waals surface area (Å²) in [5.74, 6) is 0.00373. The summed E-state index contributed by atoms with van der Waals surface area (Å²) in [6.07, 6.45) is -2.73. The first-order chi connectivity index (χ1) is 16.9. The molecular formula is C20H33ClN4O9S. The Labute approximate surface area is 212 Å². The summed E-state index contributed by atoms with van der Waals surface area (Å²) in [5.41, 5.74) is -1.16. The Morgan fingerprint density at radius 1 is 1.14 bits per heavy atom. The van der Waals surface area contributed by atoms with Crippen LogP contribution in [-0.4, -0.2) is 122 Å². The van der Waals surface area contributed by atoms with E-state index in [0.717, 1.165) is 11.5 Å². The molecule has 1 aromatic heterocycles. The van der Waals surface area contributed by atoms with Crippen LogP contribution in [0.1, 0.15) is 13.3 Å². The number of nitrogens with zero attached hydrogens (tertiary/aromatic N) is 2. The van der Waals surface area contributed by atoms with Crippen molar-refractivity contribution in [3.05, 3.63) is 5.28 Å². The lowest BCUT2D eigenvalue weighted by Gasteiger charge is -2.42. The second-order valence-corrected chi connectivity index (χ2v) is 9.02. The topological polar surface area (TPSA) is 163 Å². The predicted molar refractivity (Wildman–Crippen MR) is 124 cm³/mol. The molecule has 15 heteroatoms. The molecule has 0 radical (unpaired) electrons. The molecule has 4 N–H and O–H groups in total. The second kappa shape index (κ2) is 14.5. The van der Waals surface area contributed by atoms with Gasteiger partial charge in [0.15, 0.2) is 6.29 Å². The Kier molecular flexibility index (Phi) is 11.8. The fraction of sp³-hybridized carbons (Fsp3) is 0.850. The van der Waals surface area contributed by atoms with Gasteiger partial charge in [-0.1, -0.05) is 6.92 Å². The van der Waals surface area contributed by atoms with Crippen LogP contribution in [0.2, 0.25) is 5.28 Å². The Bertz CT molecular complexity index is 779. The molecule has 13 nitrogen and oxygen atoms in total. The lowest BCUT2D eigenvalue weighted by molar-refractivity contribution is -0.230. The van der Waals surface area contributed by atoms with Crippen molar-refractivity contribution in [3.8, 4) is 0 Å². The number of aromatic nitrogens is 2. The van der Waals surface area contributed by atoms with Crippen molar-refractivity contribution in [2.24, 2.45) is 0 Å². The largest absolute Gasteiger partial charge is 0.388 e. The molecule has 0 aliphatic carbocycles. The minimum absolute atomic E-state index is 0.00373. The molecule has 2 fully saturated rings. The first-order valence-corrected chi connectivity index (χ1v) is 12.6. The number of carbonyl (C=O) groups excluding carboxylic acids is 1. The van der Waals surface area contributed by atoms with Crippen molar-refractivity contribution in [2.75, 3.05) is 71.3 Å². The van der Waals surface area contributed by atoms with Crippen molar-refractivity contribution in [1.82, 2.24) is 14.7 Å². The molecular weight excluding hydrogens is 508 g/mol. The van der Waals surface area contributed by atoms with Crippen LogP contribution in [0.5, 0.6) is 0 Å². The number of fused-ring (bicyclic) bond motifs is 2. The van der Waals surface area contributed by atoms with Crippen molar-refractivity contribution < 1.29 is 43.4 Å². The van der Waals surface area contributed by atoms with E-state index < -0.39 is 30.1 Å². The van der Waals surface area contributed by atoms with Crippen molar-refractivity contribution >= 4 is 34.2 Å². The number of amides is 1. The summed E-state index contributed by atoms with van der Waals surface area (Å²) in [7, 11) is 0. The highest BCUT2D eigenvalue weighted by atomic mass is 35.5. The SMILES string of the molecule is CCC(=O)NCCOCCOCCOCCOC[C@@]12CO[C@@H](O1)[C@H](Nc1nc(Cl)ns1)[C@@H](O)[C@H]2O. The lowest BCUT2D eigenvalue weighted by Crippen LogP contribution is -2.64. The van der Waals surface area contributed by atoms with Gasteiger partial charge >= 0.3 is 0 Å². The Hall–Kier alpha value is -1.20. The average Bonchev–Trinajstić information content (AvgIpc) is 3.45. The fourth-order valence-electron chi connectivity index (χ4n) is 3.54. The Balaban J connectivity index is 1.21. The quantitative estimate of drug-likeness (QED) is 0.186. The van der Waals surface area contributed by atoms with Crippen LogP contribution in [0.3, 0.4) is 0 Å². The Morgan fingerprint density at radius 3 is 2.43 bits per heavy atom. The van der Waals surface area contributed by atoms with Crippen LogP contribution in [0.15, 0.2) is 0 Å². The third-order valence-electron chi connectivity index (χ3n) is 5.41. The van der Waals surface area contributed by atoms with Crippen molar-refractivity contribution in [2.45, 2.75) is 43.5 Å². The van der Waals surface area contributed by atoms with E-state index >= 15 is 0 Å². The Morgan fingerprint density at radius 2 is 1.80 bits per heavy atom. The molecule has 3 heterocycles. The van der Waals surface area contributed by atoms with E-state index in [9.17, 15) is 15.0 Å². The normalized spacial score (nSPS) is 27.8. The van der Waals surface area contributed by atoms with Crippen LogP contribution >= 0.6 is 23.1 Å². The minimum atomic E-state index is -1.23. The molecule has 200 valence electrons. The molecule has 0 aromatic carbocycles. The van der Waals surface area contributed by atoms with Crippen molar-refractivity contribution in [1.29, 1.82) is 0 Å². The highest BCUT2D eigenvalue weighted by Gasteiger charge is 2.59. The van der Waals surface area contributed by atoms with Gasteiger partial charge in [-0.05, 0) is 11.6 Å². The van der Waals surface area contributed by atoms with E-state index in [1.807, 2.05) is 0 Å². The highest BCUT2D eigenvalue weighted by molar-refractivity contribution is 7.09. The molecule has 0 saturated carbocycles. The van der Waals surface area contributed by atoms with E-state index in [0.29, 0.717) is 57.7 Å². The molecule has 3 rings (SSSR count). The van der Waals surface area contributed by atoms with Gasteiger partial charge in [-0.3, -0.25) is 4.79 Å². The van der Waals surface area contributed by atoms with Crippen molar-refractivity contribution in [3.63, 3.8) is 0 Å². The van der Waals surface area contributed by atoms with Crippen LogP contribution in [0.4, 0.5) is 5.13 Å². The summed E-state index contributed by atoms with van der Waals surface area (Å²) < 4.78 is 37.3. The molecule has 5 atom stereocenters. The number of ether oxygens (including phenoxy) is 6. The smallest absolute Gasteiger partial charge is 0.236 e. The lowest BCUT2D eigenvalue weighted by atomic mass is 9.88. The summed E-state index contributed by atoms with van der Waals surface area (Å²) in [6.45, 7) is 5.13. The van der Waals surface area contributed by atoms with Crippen LogP contribution in [-0.2, 0) is 33.2 Å². The number of hydrogen-bond donors (Lipinski definition) is 4. The van der Waals surface area contributed by atoms with Gasteiger partial charge in [-0.2, -0.15) is 9.36 Å². The van der Waals surface area contributed by atoms with E-state index in [4.69, 9.17) is 40.0 Å². The maximum Gasteiger partial charge on any atom is 0.236 e. The summed E-state index contributed by atoms with van der Waals surface area (Å²) in [6, 6.07) is -0.736. The number of carbonyl (C=O) groups is 1. The van der Waals surface area contributed by atoms with E-state index in [1.165, 1.54) is 0 Å². The summed E-state index contributed by atoms with van der Waals surface area (Å²) in [4.78, 5) is 15.0. The van der Waals surface area contributed by atoms with E-state index in [2.05, 4.69) is 20.0 Å². The van der Waals surface area contributed by atoms with Gasteiger partial charge in [0.05, 0.1) is 59.5 Å². The predicted octanol–water partition coefficient (Wildman–Crippen LogP) is -0.588. The minimum Gasteiger partial charge on any atom is -0.388 e. The zero-order chi connectivity index (χ0) is 25.1. The van der Waals surface area contributed by atoms with Gasteiger partial charge in [0.25, 0.3) is 0 Å². The van der Waals surface area contributed by atoms with E-state index in [-0.39, 0.29) is 31.0 Å². The maximum atomic E-state index is 11.1. The molecule has 2 aliphatic rings. The van der Waals surface area contributed by atoms with Gasteiger partial charge in [-0.15, -0.1) is 0 Å². The van der Waals surface area contributed by atoms with E-state index in [1.54, 1.807) is 6.92 Å². The molecule has 1 amide bonds. The zero-order valence-electron chi connectivity index (χ0n) is 19.5. The fourth-order valence-corrected chi connectivity index (χ4v) is 4.29. The monoisotopic (exact) mass is 540 g/mol. The second-order valence-electron chi connectivity index (χ2n) is 7.93. The maximum absolute atomic E-state index is 11.1. The molecule has 2 aliphatic heterocycles. The number of aliphatic hydroxyl groups is 2. The number of anilines is 1. The molecule has 1 aromatic rings. The average molecular weight is 541 g/mol. The molecule has 2 saturated heterocycles. The number of nitrogens with one attached hydrogen (secondary N) is 2. The third-order valence-corrected chi connectivity index (χ3v) is 6.33. The molecule has 35 heavy (non-hydrogen) atoms.